The van der Waals surface area contributed by atoms with Gasteiger partial charge in [-0.15, -0.1) is 0 Å². The molecule has 4 heteroatoms. The van der Waals surface area contributed by atoms with Gasteiger partial charge in [0.25, 0.3) is 0 Å². The van der Waals surface area contributed by atoms with Gasteiger partial charge in [-0.1, -0.05) is 32.4 Å². The minimum atomic E-state index is -0.792. The Bertz CT molecular complexity index is 409. The maximum absolute atomic E-state index is 12.1. The van der Waals surface area contributed by atoms with Gasteiger partial charge >= 0.3 is 0 Å². The first kappa shape index (κ1) is 16.2. The van der Waals surface area contributed by atoms with Gasteiger partial charge in [0.05, 0.1) is 7.11 Å². The van der Waals surface area contributed by atoms with Crippen LogP contribution in [0.2, 0.25) is 0 Å². The first-order chi connectivity index (χ1) is 9.10. The molecule has 1 rings (SSSR count). The average Bonchev–Trinajstić information content (AvgIpc) is 2.44. The SMILES string of the molecule is CCC(C)CS(=O)CC(NC)c1cccc(OC)c1. The van der Waals surface area contributed by atoms with E-state index in [0.717, 1.165) is 23.5 Å². The van der Waals surface area contributed by atoms with Crippen LogP contribution in [-0.4, -0.2) is 29.9 Å². The summed E-state index contributed by atoms with van der Waals surface area (Å²) < 4.78 is 17.4. The van der Waals surface area contributed by atoms with Crippen molar-refractivity contribution in [1.29, 1.82) is 0 Å². The number of hydrogen-bond donors (Lipinski definition) is 1. The summed E-state index contributed by atoms with van der Waals surface area (Å²) in [6, 6.07) is 8.05. The van der Waals surface area contributed by atoms with Crippen LogP contribution in [0.1, 0.15) is 31.9 Å². The molecule has 1 aromatic rings. The molecule has 0 aliphatic carbocycles. The van der Waals surface area contributed by atoms with Gasteiger partial charge in [-0.25, -0.2) is 0 Å². The van der Waals surface area contributed by atoms with Gasteiger partial charge in [-0.05, 0) is 30.7 Å². The van der Waals surface area contributed by atoms with E-state index in [1.165, 1.54) is 0 Å². The summed E-state index contributed by atoms with van der Waals surface area (Å²) in [6.07, 6.45) is 1.08. The van der Waals surface area contributed by atoms with E-state index in [-0.39, 0.29) is 6.04 Å². The van der Waals surface area contributed by atoms with E-state index >= 15 is 0 Å². The molecule has 0 saturated heterocycles. The predicted molar refractivity (Wildman–Crippen MR) is 82.1 cm³/mol. The molecule has 3 atom stereocenters. The van der Waals surface area contributed by atoms with E-state index in [1.54, 1.807) is 7.11 Å². The average molecular weight is 283 g/mol. The first-order valence-electron chi connectivity index (χ1n) is 6.76. The van der Waals surface area contributed by atoms with Crippen molar-refractivity contribution in [3.05, 3.63) is 29.8 Å². The summed E-state index contributed by atoms with van der Waals surface area (Å²) in [5.74, 6) is 2.78. The lowest BCUT2D eigenvalue weighted by Crippen LogP contribution is -2.24. The van der Waals surface area contributed by atoms with Crippen LogP contribution >= 0.6 is 0 Å². The Kier molecular flexibility index (Phi) is 7.10. The van der Waals surface area contributed by atoms with Crippen molar-refractivity contribution in [3.8, 4) is 5.75 Å². The number of ether oxygens (including phenoxy) is 1. The normalized spacial score (nSPS) is 15.8. The molecular weight excluding hydrogens is 258 g/mol. The number of nitrogens with one attached hydrogen (secondary N) is 1. The minimum absolute atomic E-state index is 0.111. The van der Waals surface area contributed by atoms with E-state index in [1.807, 2.05) is 31.3 Å². The number of benzene rings is 1. The summed E-state index contributed by atoms with van der Waals surface area (Å²) in [5.41, 5.74) is 1.12. The zero-order chi connectivity index (χ0) is 14.3. The Labute approximate surface area is 119 Å². The van der Waals surface area contributed by atoms with Gasteiger partial charge in [0.2, 0.25) is 0 Å². The summed E-state index contributed by atoms with van der Waals surface area (Å²) in [4.78, 5) is 0. The molecule has 108 valence electrons. The second kappa shape index (κ2) is 8.33. The van der Waals surface area contributed by atoms with Crippen LogP contribution in [0, 0.1) is 5.92 Å². The van der Waals surface area contributed by atoms with Gasteiger partial charge in [0, 0.05) is 28.3 Å². The fourth-order valence-corrected chi connectivity index (χ4v) is 3.63. The molecule has 19 heavy (non-hydrogen) atoms. The summed E-state index contributed by atoms with van der Waals surface area (Å²) in [5, 5.41) is 3.24. The molecule has 0 bridgehead atoms. The molecule has 0 fully saturated rings. The standard InChI is InChI=1S/C15H25NO2S/c1-5-12(2)10-19(17)11-15(16-3)13-7-6-8-14(9-13)18-4/h6-9,12,15-16H,5,10-11H2,1-4H3. The maximum atomic E-state index is 12.1. The smallest absolute Gasteiger partial charge is 0.119 e. The lowest BCUT2D eigenvalue weighted by atomic mass is 10.1. The zero-order valence-electron chi connectivity index (χ0n) is 12.3. The Morgan fingerprint density at radius 2 is 2.11 bits per heavy atom. The monoisotopic (exact) mass is 283 g/mol. The predicted octanol–water partition coefficient (Wildman–Crippen LogP) is 2.75. The molecule has 0 aliphatic rings. The second-order valence-corrected chi connectivity index (χ2v) is 6.45. The van der Waals surface area contributed by atoms with Gasteiger partial charge in [-0.2, -0.15) is 0 Å². The third kappa shape index (κ3) is 5.33. The highest BCUT2D eigenvalue weighted by molar-refractivity contribution is 7.85. The van der Waals surface area contributed by atoms with Crippen molar-refractivity contribution in [2.24, 2.45) is 5.92 Å². The van der Waals surface area contributed by atoms with Crippen LogP contribution < -0.4 is 10.1 Å². The highest BCUT2D eigenvalue weighted by Crippen LogP contribution is 2.20. The lowest BCUT2D eigenvalue weighted by molar-refractivity contribution is 0.413. The van der Waals surface area contributed by atoms with Crippen LogP contribution in [0.15, 0.2) is 24.3 Å². The Morgan fingerprint density at radius 1 is 1.37 bits per heavy atom. The Morgan fingerprint density at radius 3 is 2.68 bits per heavy atom. The lowest BCUT2D eigenvalue weighted by Gasteiger charge is -2.18. The minimum Gasteiger partial charge on any atom is -0.497 e. The highest BCUT2D eigenvalue weighted by atomic mass is 32.2. The van der Waals surface area contributed by atoms with Crippen molar-refractivity contribution in [2.45, 2.75) is 26.3 Å². The molecule has 3 nitrogen and oxygen atoms in total. The molecular formula is C15H25NO2S. The molecule has 0 heterocycles. The van der Waals surface area contributed by atoms with Crippen molar-refractivity contribution in [3.63, 3.8) is 0 Å². The molecule has 1 N–H and O–H groups in total. The fraction of sp³-hybridized carbons (Fsp3) is 0.600. The van der Waals surface area contributed by atoms with Gasteiger partial charge in [-0.3, -0.25) is 4.21 Å². The van der Waals surface area contributed by atoms with Gasteiger partial charge < -0.3 is 10.1 Å². The van der Waals surface area contributed by atoms with Crippen LogP contribution in [-0.2, 0) is 10.8 Å². The highest BCUT2D eigenvalue weighted by Gasteiger charge is 2.15. The van der Waals surface area contributed by atoms with Crippen LogP contribution in [0.25, 0.3) is 0 Å². The van der Waals surface area contributed by atoms with Crippen molar-refractivity contribution < 1.29 is 8.95 Å². The van der Waals surface area contributed by atoms with E-state index in [9.17, 15) is 4.21 Å². The summed E-state index contributed by atoms with van der Waals surface area (Å²) >= 11 is 0. The van der Waals surface area contributed by atoms with E-state index < -0.39 is 10.8 Å². The van der Waals surface area contributed by atoms with Crippen LogP contribution in [0.5, 0.6) is 5.75 Å². The third-order valence-electron chi connectivity index (χ3n) is 3.36. The molecule has 0 radical (unpaired) electrons. The molecule has 3 unspecified atom stereocenters. The first-order valence-corrected chi connectivity index (χ1v) is 8.25. The topological polar surface area (TPSA) is 38.3 Å². The van der Waals surface area contributed by atoms with Crippen molar-refractivity contribution in [1.82, 2.24) is 5.32 Å². The van der Waals surface area contributed by atoms with Gasteiger partial charge in [0.1, 0.15) is 5.75 Å². The second-order valence-electron chi connectivity index (χ2n) is 4.90. The summed E-state index contributed by atoms with van der Waals surface area (Å²) in [7, 11) is 2.78. The largest absolute Gasteiger partial charge is 0.497 e. The quantitative estimate of drug-likeness (QED) is 0.797. The summed E-state index contributed by atoms with van der Waals surface area (Å²) in [6.45, 7) is 4.29. The number of rotatable bonds is 8. The third-order valence-corrected chi connectivity index (χ3v) is 5.01. The number of methoxy groups -OCH3 is 1. The van der Waals surface area contributed by atoms with E-state index in [0.29, 0.717) is 11.7 Å². The molecule has 0 saturated carbocycles. The fourth-order valence-electron chi connectivity index (χ4n) is 1.89. The van der Waals surface area contributed by atoms with Gasteiger partial charge in [0.15, 0.2) is 0 Å². The molecule has 1 aromatic carbocycles. The van der Waals surface area contributed by atoms with Crippen molar-refractivity contribution >= 4 is 10.8 Å². The molecule has 0 spiro atoms. The maximum Gasteiger partial charge on any atom is 0.119 e. The molecule has 0 aliphatic heterocycles. The van der Waals surface area contributed by atoms with Crippen LogP contribution in [0.3, 0.4) is 0 Å². The van der Waals surface area contributed by atoms with Crippen molar-refractivity contribution in [2.75, 3.05) is 25.7 Å². The number of hydrogen-bond acceptors (Lipinski definition) is 3. The van der Waals surface area contributed by atoms with E-state index in [4.69, 9.17) is 4.74 Å². The van der Waals surface area contributed by atoms with E-state index in [2.05, 4.69) is 19.2 Å². The zero-order valence-corrected chi connectivity index (χ0v) is 13.1. The Hall–Kier alpha value is -0.870. The Balaban J connectivity index is 2.69. The molecule has 0 aromatic heterocycles. The molecule has 0 amide bonds. The van der Waals surface area contributed by atoms with Crippen LogP contribution in [0.4, 0.5) is 0 Å².